The van der Waals surface area contributed by atoms with Gasteiger partial charge in [-0.05, 0) is 113 Å². The number of halogens is 1. The number of carbonyl (C=O) groups excluding carboxylic acids is 14. The van der Waals surface area contributed by atoms with E-state index in [1.54, 1.807) is 41.5 Å². The molecule has 3 unspecified atom stereocenters. The second-order valence-electron chi connectivity index (χ2n) is 27.7. The van der Waals surface area contributed by atoms with Gasteiger partial charge in [-0.15, -0.1) is 0 Å². The number of aliphatic carboxylic acids is 3. The number of amides is 12. The summed E-state index contributed by atoms with van der Waals surface area (Å²) in [6.07, 6.45) is -2.83. The van der Waals surface area contributed by atoms with Crippen LogP contribution in [-0.2, 0) is 94.3 Å². The molecule has 2 aromatic rings. The molecule has 1 aromatic carbocycles. The maximum absolute atomic E-state index is 15.0. The van der Waals surface area contributed by atoms with Gasteiger partial charge in [0, 0.05) is 62.5 Å². The molecule has 1 fully saturated rings. The zero-order chi connectivity index (χ0) is 82.5. The third-order valence-corrected chi connectivity index (χ3v) is 17.8. The highest BCUT2D eigenvalue weighted by atomic mass is 35.5. The number of aliphatic hydroxyl groups excluding tert-OH is 1. The molecule has 110 heavy (non-hydrogen) atoms. The predicted molar refractivity (Wildman–Crippen MR) is 394 cm³/mol. The van der Waals surface area contributed by atoms with Crippen LogP contribution in [0.5, 0.6) is 0 Å². The van der Waals surface area contributed by atoms with Crippen LogP contribution >= 0.6 is 11.6 Å². The van der Waals surface area contributed by atoms with E-state index in [0.717, 1.165) is 6.92 Å². The highest BCUT2D eigenvalue weighted by Gasteiger charge is 2.39. The van der Waals surface area contributed by atoms with Crippen molar-refractivity contribution < 1.29 is 102 Å². The molecular weight excluding hydrogens is 1460 g/mol. The number of ketones is 2. The predicted octanol–water partition coefficient (Wildman–Crippen LogP) is -3.47. The van der Waals surface area contributed by atoms with Crippen molar-refractivity contribution in [2.24, 2.45) is 39.9 Å². The second kappa shape index (κ2) is 48.0. The van der Waals surface area contributed by atoms with Gasteiger partial charge in [0.2, 0.25) is 70.9 Å². The summed E-state index contributed by atoms with van der Waals surface area (Å²) in [5.74, 6) is -21.1. The molecule has 12 amide bonds. The van der Waals surface area contributed by atoms with E-state index in [1.165, 1.54) is 36.8 Å². The number of aromatic nitrogens is 2. The average molecular weight is 1570 g/mol. The van der Waals surface area contributed by atoms with Gasteiger partial charge in [-0.1, -0.05) is 71.7 Å². The first kappa shape index (κ1) is 93.5. The van der Waals surface area contributed by atoms with Crippen molar-refractivity contribution in [3.8, 4) is 0 Å². The molecule has 1 aromatic heterocycles. The summed E-state index contributed by atoms with van der Waals surface area (Å²) in [5.41, 5.74) is 17.7. The number of nitrogens with one attached hydrogen (secondary N) is 13. The number of aliphatic hydroxyl groups is 1. The Labute approximate surface area is 640 Å². The lowest BCUT2D eigenvalue weighted by molar-refractivity contribution is -0.144. The van der Waals surface area contributed by atoms with Gasteiger partial charge in [0.25, 0.3) is 0 Å². The quantitative estimate of drug-likeness (QED) is 0.0133. The van der Waals surface area contributed by atoms with Crippen LogP contribution in [0.4, 0.5) is 0 Å². The number of nitrogens with zero attached hydrogens (tertiary/aromatic N) is 2. The van der Waals surface area contributed by atoms with Crippen molar-refractivity contribution in [2.75, 3.05) is 19.7 Å². The first-order chi connectivity index (χ1) is 51.9. The van der Waals surface area contributed by atoms with Crippen molar-refractivity contribution in [3.63, 3.8) is 0 Å². The number of rotatable bonds is 40. The molecule has 0 radical (unpaired) electrons. The molecule has 3 rings (SSSR count). The molecule has 0 bridgehead atoms. The van der Waals surface area contributed by atoms with E-state index >= 15 is 4.79 Å². The van der Waals surface area contributed by atoms with Crippen molar-refractivity contribution in [1.82, 2.24) is 73.8 Å². The van der Waals surface area contributed by atoms with Crippen molar-refractivity contribution in [1.29, 1.82) is 0 Å². The van der Waals surface area contributed by atoms with Gasteiger partial charge in [-0.3, -0.25) is 81.7 Å². The van der Waals surface area contributed by atoms with Gasteiger partial charge < -0.3 is 106 Å². The number of imidazole rings is 1. The second-order valence-corrected chi connectivity index (χ2v) is 28.1. The lowest BCUT2D eigenvalue weighted by atomic mass is 9.95. The zero-order valence-electron chi connectivity index (χ0n) is 62.7. The standard InChI is InChI=1S/C70H107ClN18O21/c1-8-37(6)57(89-67(107)50(30-41-32-75-34-77-41)85-58(98)42(13-9-10-25-72)79-61(101)45(78-38(7)91)22-24-55(94)95)68(108)87-48(28-36(4)5)64(104)82-46-21-23-54(93)53(92)16-11-14-43(59(99)86-51(31-56(96)97)66(106)88-52(33-90)69(109)110)81-63(103)47(27-35(2)3)83-65(105)49(29-39-17-19-40(71)20-18-39)84-60(100)44(80-62(46)102)15-12-26-76-70(73)74/h17-20,32,34-37,42-52,57,90H,8-16,21-31,33,72H2,1-7H3,(H,75,77)(H,78,91)(H,79,101)(H,80,102)(H,81,103)(H,82,104)(H,83,105)(H,84,100)(H,85,98)(H,86,99)(H,87,108)(H,88,106)(H,89,107)(H,94,95)(H,96,97)(H,109,110)(H4,73,74,76)/t37-,42-,43?,44?,45-,46?,47-,48-,49-,50-,51-,52-,57-/m0/s1. The minimum Gasteiger partial charge on any atom is -0.481 e. The van der Waals surface area contributed by atoms with E-state index in [0.29, 0.717) is 22.7 Å². The Morgan fingerprint density at radius 1 is 0.627 bits per heavy atom. The minimum atomic E-state index is -2.05. The van der Waals surface area contributed by atoms with E-state index in [9.17, 15) is 97.1 Å². The van der Waals surface area contributed by atoms with Gasteiger partial charge in [-0.25, -0.2) is 9.78 Å². The van der Waals surface area contributed by atoms with Gasteiger partial charge in [-0.2, -0.15) is 0 Å². The Hall–Kier alpha value is -10.7. The first-order valence-electron chi connectivity index (χ1n) is 36.3. The van der Waals surface area contributed by atoms with E-state index < -0.39 is 242 Å². The topological polar surface area (TPSA) is 635 Å². The lowest BCUT2D eigenvalue weighted by Crippen LogP contribution is -2.62. The Bertz CT molecular complexity index is 3540. The summed E-state index contributed by atoms with van der Waals surface area (Å²) in [6.45, 7) is 10.1. The number of nitrogens with two attached hydrogens (primary N) is 3. The van der Waals surface area contributed by atoms with Crippen molar-refractivity contribution in [2.45, 2.75) is 237 Å². The number of carboxylic acids is 3. The number of H-pyrrole nitrogens is 1. The Kier molecular flexibility index (Phi) is 40.8. The molecule has 610 valence electrons. The smallest absolute Gasteiger partial charge is 0.328 e. The third kappa shape index (κ3) is 34.3. The van der Waals surface area contributed by atoms with Gasteiger partial charge in [0.05, 0.1) is 19.4 Å². The number of aliphatic imine (C=N–C) groups is 1. The summed E-state index contributed by atoms with van der Waals surface area (Å²) < 4.78 is 0. The third-order valence-electron chi connectivity index (χ3n) is 17.5. The van der Waals surface area contributed by atoms with E-state index in [4.69, 9.17) is 28.8 Å². The Morgan fingerprint density at radius 3 is 1.78 bits per heavy atom. The number of hydrogen-bond donors (Lipinski definition) is 20. The van der Waals surface area contributed by atoms with E-state index in [2.05, 4.69) is 73.4 Å². The van der Waals surface area contributed by atoms with E-state index in [1.807, 2.05) is 5.32 Å². The maximum Gasteiger partial charge on any atom is 0.328 e. The number of hydrogen-bond acceptors (Lipinski definition) is 21. The number of unbranched alkanes of at least 4 members (excludes halogenated alkanes) is 1. The average Bonchev–Trinajstić information content (AvgIpc) is 0.946. The number of aromatic amines is 1. The molecular formula is C70H107ClN18O21. The Morgan fingerprint density at radius 2 is 1.21 bits per heavy atom. The number of Topliss-reactive ketones (excluding diaryl/α,β-unsaturated/α-hetero) is 2. The highest BCUT2D eigenvalue weighted by Crippen LogP contribution is 2.18. The number of benzene rings is 1. The fraction of sp³-hybridized carbons (Fsp3) is 0.614. The van der Waals surface area contributed by atoms with Gasteiger partial charge >= 0.3 is 17.9 Å². The van der Waals surface area contributed by atoms with Crippen LogP contribution in [0.3, 0.4) is 0 Å². The molecule has 1 aliphatic rings. The Balaban J connectivity index is 2.21. The van der Waals surface area contributed by atoms with Crippen LogP contribution in [0.25, 0.3) is 0 Å². The SMILES string of the molecule is CC[C@H](C)[C@H](NC(=O)[C@H](Cc1cnc[nH]1)NC(=O)[C@H](CCCCN)NC(=O)[C@H](CCC(=O)O)NC(C)=O)C(=O)N[C@@H](CC(C)C)C(=O)NC1CCC(=O)C(=O)CCCC(C(=O)N[C@@H](CC(=O)O)C(=O)N[C@@H](CO)C(=O)O)NC(=O)[C@H](CC(C)C)NC(=O)[C@H](Cc2ccc(Cl)cc2)NC(=O)C(CCCN=C(N)N)NC1=O. The van der Waals surface area contributed by atoms with Crippen molar-refractivity contribution >= 4 is 118 Å². The summed E-state index contributed by atoms with van der Waals surface area (Å²) in [6, 6.07) is -13.8. The summed E-state index contributed by atoms with van der Waals surface area (Å²) in [7, 11) is 0. The fourth-order valence-corrected chi connectivity index (χ4v) is 11.5. The zero-order valence-corrected chi connectivity index (χ0v) is 63.5. The molecule has 1 saturated heterocycles. The van der Waals surface area contributed by atoms with Crippen LogP contribution in [0.15, 0.2) is 41.8 Å². The largest absolute Gasteiger partial charge is 0.481 e. The molecule has 2 heterocycles. The van der Waals surface area contributed by atoms with Crippen LogP contribution in [-0.4, -0.2) is 229 Å². The van der Waals surface area contributed by atoms with Gasteiger partial charge in [0.15, 0.2) is 17.5 Å². The van der Waals surface area contributed by atoms with Crippen LogP contribution in [0.2, 0.25) is 5.02 Å². The molecule has 23 N–H and O–H groups in total. The number of carbonyl (C=O) groups is 17. The monoisotopic (exact) mass is 1570 g/mol. The maximum atomic E-state index is 15.0. The summed E-state index contributed by atoms with van der Waals surface area (Å²) in [5, 5.41) is 68.4. The minimum absolute atomic E-state index is 0.0351. The van der Waals surface area contributed by atoms with Crippen LogP contribution in [0, 0.1) is 17.8 Å². The molecule has 39 nitrogen and oxygen atoms in total. The molecule has 40 heteroatoms. The van der Waals surface area contributed by atoms with Crippen LogP contribution < -0.4 is 81.0 Å². The molecule has 1 aliphatic heterocycles. The van der Waals surface area contributed by atoms with Crippen molar-refractivity contribution in [3.05, 3.63) is 53.1 Å². The van der Waals surface area contributed by atoms with Crippen LogP contribution in [0.1, 0.15) is 162 Å². The number of guanidine groups is 1. The van der Waals surface area contributed by atoms with E-state index in [-0.39, 0.29) is 83.3 Å². The molecule has 0 spiro atoms. The summed E-state index contributed by atoms with van der Waals surface area (Å²) >= 11 is 6.22. The van der Waals surface area contributed by atoms with Gasteiger partial charge in [0.1, 0.15) is 72.5 Å². The first-order valence-corrected chi connectivity index (χ1v) is 36.7. The summed E-state index contributed by atoms with van der Waals surface area (Å²) in [4.78, 5) is 245. The molecule has 0 saturated carbocycles. The molecule has 0 aliphatic carbocycles. The normalized spacial score (nSPS) is 19.1. The number of carboxylic acid groups (broad SMARTS) is 3. The highest BCUT2D eigenvalue weighted by molar-refractivity contribution is 6.37. The lowest BCUT2D eigenvalue weighted by Gasteiger charge is -2.30. The molecule has 13 atom stereocenters. The fourth-order valence-electron chi connectivity index (χ4n) is 11.4.